The van der Waals surface area contributed by atoms with Gasteiger partial charge in [-0.05, 0) is 51.0 Å². The Hall–Kier alpha value is -3.59. The van der Waals surface area contributed by atoms with Gasteiger partial charge in [0.15, 0.2) is 0 Å². The maximum absolute atomic E-state index is 12.6. The van der Waals surface area contributed by atoms with Gasteiger partial charge >= 0.3 is 12.1 Å². The molecule has 1 aliphatic heterocycles. The van der Waals surface area contributed by atoms with Crippen LogP contribution in [-0.4, -0.2) is 67.9 Å². The molecule has 2 aromatic rings. The fraction of sp³-hybridized carbons (Fsp3) is 0.483. The summed E-state index contributed by atoms with van der Waals surface area (Å²) in [5, 5.41) is 2.86. The van der Waals surface area contributed by atoms with Gasteiger partial charge in [0.25, 0.3) is 0 Å². The Morgan fingerprint density at radius 2 is 1.61 bits per heavy atom. The highest BCUT2D eigenvalue weighted by molar-refractivity contribution is 5.76. The van der Waals surface area contributed by atoms with Crippen molar-refractivity contribution in [2.75, 3.05) is 44.3 Å². The number of hydrogen-bond donors (Lipinski definition) is 1. The molecule has 0 aliphatic carbocycles. The zero-order chi connectivity index (χ0) is 27.5. The molecule has 206 valence electrons. The molecule has 0 radical (unpaired) electrons. The summed E-state index contributed by atoms with van der Waals surface area (Å²) in [7, 11) is 0. The van der Waals surface area contributed by atoms with Gasteiger partial charge in [-0.1, -0.05) is 42.5 Å². The van der Waals surface area contributed by atoms with Crippen molar-refractivity contribution in [2.45, 2.75) is 52.4 Å². The fourth-order valence-corrected chi connectivity index (χ4v) is 4.01. The van der Waals surface area contributed by atoms with E-state index in [1.54, 1.807) is 0 Å². The Balaban J connectivity index is 1.33. The normalized spacial score (nSPS) is 14.5. The van der Waals surface area contributed by atoms with Crippen molar-refractivity contribution in [3.8, 4) is 0 Å². The third-order valence-electron chi connectivity index (χ3n) is 6.05. The number of anilines is 1. The number of carbonyl (C=O) groups is 3. The number of esters is 1. The van der Waals surface area contributed by atoms with E-state index in [1.165, 1.54) is 0 Å². The van der Waals surface area contributed by atoms with E-state index in [0.29, 0.717) is 13.1 Å². The van der Waals surface area contributed by atoms with Crippen LogP contribution in [0.1, 0.15) is 51.3 Å². The number of nitrogens with zero attached hydrogens (tertiary/aromatic N) is 2. The highest BCUT2D eigenvalue weighted by Gasteiger charge is 2.22. The van der Waals surface area contributed by atoms with Crippen molar-refractivity contribution in [1.82, 2.24) is 10.2 Å². The first-order valence-corrected chi connectivity index (χ1v) is 13.0. The van der Waals surface area contributed by atoms with Crippen LogP contribution < -0.4 is 10.2 Å². The molecule has 0 unspecified atom stereocenters. The minimum Gasteiger partial charge on any atom is -0.459 e. The molecule has 1 heterocycles. The molecule has 2 aromatic carbocycles. The van der Waals surface area contributed by atoms with Gasteiger partial charge in [0.2, 0.25) is 5.91 Å². The Labute approximate surface area is 225 Å². The van der Waals surface area contributed by atoms with E-state index in [1.807, 2.05) is 87.2 Å². The Bertz CT molecular complexity index is 1040. The van der Waals surface area contributed by atoms with Gasteiger partial charge in [0.1, 0.15) is 18.8 Å². The van der Waals surface area contributed by atoms with Crippen LogP contribution >= 0.6 is 0 Å². The van der Waals surface area contributed by atoms with Gasteiger partial charge in [0.05, 0.1) is 19.1 Å². The van der Waals surface area contributed by atoms with Crippen molar-refractivity contribution >= 4 is 23.7 Å². The van der Waals surface area contributed by atoms with Gasteiger partial charge in [0, 0.05) is 31.9 Å². The molecule has 1 atom stereocenters. The Morgan fingerprint density at radius 3 is 2.24 bits per heavy atom. The first-order valence-electron chi connectivity index (χ1n) is 13.0. The molecule has 38 heavy (non-hydrogen) atoms. The summed E-state index contributed by atoms with van der Waals surface area (Å²) in [6, 6.07) is 17.3. The molecular formula is C29H39N3O6. The molecule has 2 amide bonds. The second kappa shape index (κ2) is 13.8. The first-order chi connectivity index (χ1) is 18.1. The average Bonchev–Trinajstić information content (AvgIpc) is 2.89. The zero-order valence-electron chi connectivity index (χ0n) is 22.8. The number of amides is 2. The van der Waals surface area contributed by atoms with Crippen molar-refractivity contribution in [3.05, 3.63) is 65.7 Å². The second-order valence-corrected chi connectivity index (χ2v) is 10.3. The average molecular weight is 526 g/mol. The van der Waals surface area contributed by atoms with Crippen LogP contribution in [0.2, 0.25) is 0 Å². The molecule has 0 aromatic heterocycles. The molecule has 9 nitrogen and oxygen atoms in total. The molecule has 1 saturated heterocycles. The Kier molecular flexibility index (Phi) is 10.5. The molecule has 9 heteroatoms. The summed E-state index contributed by atoms with van der Waals surface area (Å²) in [6.07, 6.45) is -0.216. The molecule has 1 fully saturated rings. The molecule has 0 bridgehead atoms. The van der Waals surface area contributed by atoms with E-state index in [0.717, 1.165) is 29.9 Å². The third-order valence-corrected chi connectivity index (χ3v) is 6.05. The van der Waals surface area contributed by atoms with Gasteiger partial charge in [-0.2, -0.15) is 0 Å². The number of rotatable bonds is 10. The van der Waals surface area contributed by atoms with Crippen LogP contribution in [0, 0.1) is 0 Å². The maximum Gasteiger partial charge on any atom is 0.408 e. The maximum atomic E-state index is 12.6. The summed E-state index contributed by atoms with van der Waals surface area (Å²) in [5.74, 6) is -0.435. The summed E-state index contributed by atoms with van der Waals surface area (Å²) < 4.78 is 15.8. The van der Waals surface area contributed by atoms with E-state index >= 15 is 0 Å². The quantitative estimate of drug-likeness (QED) is 0.369. The van der Waals surface area contributed by atoms with E-state index in [2.05, 4.69) is 10.2 Å². The van der Waals surface area contributed by atoms with Crippen LogP contribution in [0.25, 0.3) is 0 Å². The standard InChI is InChI=1S/C29H39N3O6/c1-22(30-28(35)38-29(2,3)4)24-10-12-25(13-11-24)31-15-17-32(18-16-31)26(33)14-19-36-21-27(34)37-20-23-8-6-5-7-9-23/h5-13,22H,14-21H2,1-4H3,(H,30,35)/t22-/m0/s1. The lowest BCUT2D eigenvalue weighted by Gasteiger charge is -2.36. The number of nitrogens with one attached hydrogen (secondary N) is 1. The van der Waals surface area contributed by atoms with E-state index < -0.39 is 17.7 Å². The fourth-order valence-electron chi connectivity index (χ4n) is 4.01. The summed E-state index contributed by atoms with van der Waals surface area (Å²) >= 11 is 0. The number of ether oxygens (including phenoxy) is 3. The minimum absolute atomic E-state index is 0.0136. The summed E-state index contributed by atoms with van der Waals surface area (Å²) in [4.78, 5) is 40.5. The van der Waals surface area contributed by atoms with E-state index in [-0.39, 0.29) is 38.2 Å². The van der Waals surface area contributed by atoms with Gasteiger partial charge in [-0.25, -0.2) is 9.59 Å². The predicted molar refractivity (Wildman–Crippen MR) is 145 cm³/mol. The highest BCUT2D eigenvalue weighted by atomic mass is 16.6. The number of carbonyl (C=O) groups excluding carboxylic acids is 3. The van der Waals surface area contributed by atoms with Crippen molar-refractivity contribution in [1.29, 1.82) is 0 Å². The molecule has 1 N–H and O–H groups in total. The van der Waals surface area contributed by atoms with Crippen LogP contribution in [0.5, 0.6) is 0 Å². The van der Waals surface area contributed by atoms with Crippen molar-refractivity contribution < 1.29 is 28.6 Å². The summed E-state index contributed by atoms with van der Waals surface area (Å²) in [6.45, 7) is 10.3. The number of piperazine rings is 1. The van der Waals surface area contributed by atoms with Crippen molar-refractivity contribution in [3.63, 3.8) is 0 Å². The number of hydrogen-bond acceptors (Lipinski definition) is 7. The van der Waals surface area contributed by atoms with Crippen LogP contribution in [0.3, 0.4) is 0 Å². The van der Waals surface area contributed by atoms with E-state index in [4.69, 9.17) is 14.2 Å². The topological polar surface area (TPSA) is 97.4 Å². The van der Waals surface area contributed by atoms with Gasteiger partial charge in [-0.3, -0.25) is 4.79 Å². The molecule has 0 saturated carbocycles. The smallest absolute Gasteiger partial charge is 0.408 e. The van der Waals surface area contributed by atoms with Crippen molar-refractivity contribution in [2.24, 2.45) is 0 Å². The number of alkyl carbamates (subject to hydrolysis) is 1. The predicted octanol–water partition coefficient (Wildman–Crippen LogP) is 4.07. The molecule has 3 rings (SSSR count). The lowest BCUT2D eigenvalue weighted by molar-refractivity contribution is -0.151. The zero-order valence-corrected chi connectivity index (χ0v) is 22.8. The van der Waals surface area contributed by atoms with Crippen LogP contribution in [-0.2, 0) is 30.4 Å². The van der Waals surface area contributed by atoms with Crippen LogP contribution in [0.15, 0.2) is 54.6 Å². The molecule has 1 aliphatic rings. The SMILES string of the molecule is C[C@H](NC(=O)OC(C)(C)C)c1ccc(N2CCN(C(=O)CCOCC(=O)OCc3ccccc3)CC2)cc1. The third kappa shape index (κ3) is 9.70. The molecule has 0 spiro atoms. The van der Waals surface area contributed by atoms with Crippen LogP contribution in [0.4, 0.5) is 10.5 Å². The Morgan fingerprint density at radius 1 is 0.947 bits per heavy atom. The number of benzene rings is 2. The van der Waals surface area contributed by atoms with E-state index in [9.17, 15) is 14.4 Å². The van der Waals surface area contributed by atoms with Gasteiger partial charge < -0.3 is 29.3 Å². The second-order valence-electron chi connectivity index (χ2n) is 10.3. The first kappa shape index (κ1) is 29.0. The monoisotopic (exact) mass is 525 g/mol. The summed E-state index contributed by atoms with van der Waals surface area (Å²) in [5.41, 5.74) is 2.43. The lowest BCUT2D eigenvalue weighted by Crippen LogP contribution is -2.49. The lowest BCUT2D eigenvalue weighted by atomic mass is 10.1. The van der Waals surface area contributed by atoms with Gasteiger partial charge in [-0.15, -0.1) is 0 Å². The molecular weight excluding hydrogens is 486 g/mol. The minimum atomic E-state index is -0.541. The highest BCUT2D eigenvalue weighted by Crippen LogP contribution is 2.21. The largest absolute Gasteiger partial charge is 0.459 e.